The number of ether oxygens (including phenoxy) is 1. The number of aromatic nitrogens is 4. The predicted octanol–water partition coefficient (Wildman–Crippen LogP) is 2.89. The van der Waals surface area contributed by atoms with E-state index in [0.29, 0.717) is 17.3 Å². The molecule has 0 saturated heterocycles. The maximum absolute atomic E-state index is 6.24. The molecule has 0 aliphatic rings. The summed E-state index contributed by atoms with van der Waals surface area (Å²) in [5.74, 6) is 1.38. The number of nitrogens with zero attached hydrogens (tertiary/aromatic N) is 4. The van der Waals surface area contributed by atoms with Gasteiger partial charge in [-0.3, -0.25) is 0 Å². The normalized spacial score (nSPS) is 12.5. The van der Waals surface area contributed by atoms with Crippen LogP contribution < -0.4 is 5.32 Å². The Hall–Kier alpha value is -2.18. The van der Waals surface area contributed by atoms with E-state index >= 15 is 0 Å². The van der Waals surface area contributed by atoms with Crippen molar-refractivity contribution in [3.8, 4) is 0 Å². The number of hydrogen-bond acceptors (Lipinski definition) is 5. The summed E-state index contributed by atoms with van der Waals surface area (Å²) in [6.45, 7) is 2.47. The molecule has 6 nitrogen and oxygen atoms in total. The van der Waals surface area contributed by atoms with Gasteiger partial charge < -0.3 is 10.1 Å². The molecule has 1 unspecified atom stereocenters. The van der Waals surface area contributed by atoms with E-state index in [0.717, 1.165) is 17.1 Å². The van der Waals surface area contributed by atoms with Gasteiger partial charge in [0.15, 0.2) is 0 Å². The van der Waals surface area contributed by atoms with Gasteiger partial charge in [-0.05, 0) is 13.0 Å². The van der Waals surface area contributed by atoms with Gasteiger partial charge in [-0.2, -0.15) is 14.6 Å². The van der Waals surface area contributed by atoms with E-state index in [1.165, 1.54) is 6.33 Å². The minimum Gasteiger partial charge on any atom is -0.375 e. The van der Waals surface area contributed by atoms with Gasteiger partial charge in [0.2, 0.25) is 0 Å². The number of rotatable bonds is 5. The van der Waals surface area contributed by atoms with Crippen LogP contribution in [-0.4, -0.2) is 33.2 Å². The van der Waals surface area contributed by atoms with Gasteiger partial charge >= 0.3 is 0 Å². The summed E-state index contributed by atoms with van der Waals surface area (Å²) in [5, 5.41) is 8.18. The van der Waals surface area contributed by atoms with E-state index in [4.69, 9.17) is 16.3 Å². The molecular weight excluding hydrogens is 302 g/mol. The van der Waals surface area contributed by atoms with Crippen LogP contribution in [-0.2, 0) is 4.74 Å². The number of aryl methyl sites for hydroxylation is 1. The van der Waals surface area contributed by atoms with Crippen LogP contribution in [0.2, 0.25) is 5.02 Å². The molecule has 0 spiro atoms. The average molecular weight is 318 g/mol. The predicted molar refractivity (Wildman–Crippen MR) is 85.2 cm³/mol. The monoisotopic (exact) mass is 317 g/mol. The van der Waals surface area contributed by atoms with E-state index in [2.05, 4.69) is 20.4 Å². The summed E-state index contributed by atoms with van der Waals surface area (Å²) in [5.41, 5.74) is 1.81. The lowest BCUT2D eigenvalue weighted by atomic mass is 10.1. The van der Waals surface area contributed by atoms with Crippen molar-refractivity contribution in [1.29, 1.82) is 0 Å². The zero-order valence-electron chi connectivity index (χ0n) is 12.3. The molecule has 3 aromatic rings. The number of methoxy groups -OCH3 is 1. The van der Waals surface area contributed by atoms with Crippen molar-refractivity contribution < 1.29 is 4.74 Å². The maximum Gasteiger partial charge on any atom is 0.254 e. The molecular formula is C15H16ClN5O. The largest absolute Gasteiger partial charge is 0.375 e. The molecule has 0 radical (unpaired) electrons. The Kier molecular flexibility index (Phi) is 4.22. The van der Waals surface area contributed by atoms with Crippen LogP contribution in [0.4, 0.5) is 5.82 Å². The summed E-state index contributed by atoms with van der Waals surface area (Å²) in [4.78, 5) is 8.42. The van der Waals surface area contributed by atoms with Crippen molar-refractivity contribution in [2.75, 3.05) is 19.0 Å². The van der Waals surface area contributed by atoms with Crippen molar-refractivity contribution in [2.45, 2.75) is 13.0 Å². The van der Waals surface area contributed by atoms with Crippen molar-refractivity contribution in [3.05, 3.63) is 52.9 Å². The van der Waals surface area contributed by atoms with Gasteiger partial charge in [0.1, 0.15) is 18.2 Å². The Balaban J connectivity index is 1.83. The number of nitrogens with one attached hydrogen (secondary N) is 1. The zero-order valence-corrected chi connectivity index (χ0v) is 13.1. The SMILES string of the molecule is COC(CNc1cc(C)nc2ncnn12)c1ccccc1Cl. The van der Waals surface area contributed by atoms with Gasteiger partial charge in [0.25, 0.3) is 5.78 Å². The van der Waals surface area contributed by atoms with Gasteiger partial charge in [0, 0.05) is 36.0 Å². The highest BCUT2D eigenvalue weighted by Gasteiger charge is 2.14. The smallest absolute Gasteiger partial charge is 0.254 e. The molecule has 0 bridgehead atoms. The third kappa shape index (κ3) is 2.88. The van der Waals surface area contributed by atoms with Crippen LogP contribution in [0.1, 0.15) is 17.4 Å². The summed E-state index contributed by atoms with van der Waals surface area (Å²) < 4.78 is 7.21. The Labute approximate surface area is 133 Å². The fourth-order valence-electron chi connectivity index (χ4n) is 2.31. The number of hydrogen-bond donors (Lipinski definition) is 1. The highest BCUT2D eigenvalue weighted by Crippen LogP contribution is 2.25. The first kappa shape index (κ1) is 14.7. The van der Waals surface area contributed by atoms with E-state index in [9.17, 15) is 0 Å². The quantitative estimate of drug-likeness (QED) is 0.784. The first-order valence-electron chi connectivity index (χ1n) is 6.87. The molecule has 114 valence electrons. The Morgan fingerprint density at radius 3 is 2.95 bits per heavy atom. The van der Waals surface area contributed by atoms with Crippen molar-refractivity contribution >= 4 is 23.2 Å². The lowest BCUT2D eigenvalue weighted by molar-refractivity contribution is 0.114. The fraction of sp³-hybridized carbons (Fsp3) is 0.267. The highest BCUT2D eigenvalue weighted by atomic mass is 35.5. The summed E-state index contributed by atoms with van der Waals surface area (Å²) in [6.07, 6.45) is 1.31. The molecule has 7 heteroatoms. The standard InChI is InChI=1S/C15H16ClN5O/c1-10-7-14(21-15(20-10)18-9-19-21)17-8-13(22-2)11-5-3-4-6-12(11)16/h3-7,9,13,17H,8H2,1-2H3. The summed E-state index contributed by atoms with van der Waals surface area (Å²) >= 11 is 6.24. The Morgan fingerprint density at radius 2 is 2.18 bits per heavy atom. The minimum absolute atomic E-state index is 0.166. The first-order valence-corrected chi connectivity index (χ1v) is 7.25. The van der Waals surface area contributed by atoms with Crippen molar-refractivity contribution in [1.82, 2.24) is 19.6 Å². The van der Waals surface area contributed by atoms with Gasteiger partial charge in [-0.25, -0.2) is 4.98 Å². The molecule has 0 aliphatic heterocycles. The van der Waals surface area contributed by atoms with Crippen molar-refractivity contribution in [2.24, 2.45) is 0 Å². The third-order valence-electron chi connectivity index (χ3n) is 3.39. The van der Waals surface area contributed by atoms with Crippen LogP contribution in [0.5, 0.6) is 0 Å². The van der Waals surface area contributed by atoms with Crippen LogP contribution >= 0.6 is 11.6 Å². The van der Waals surface area contributed by atoms with E-state index in [-0.39, 0.29) is 6.10 Å². The molecule has 22 heavy (non-hydrogen) atoms. The Morgan fingerprint density at radius 1 is 1.36 bits per heavy atom. The number of anilines is 1. The zero-order chi connectivity index (χ0) is 15.5. The molecule has 0 saturated carbocycles. The van der Waals surface area contributed by atoms with E-state index in [1.807, 2.05) is 37.3 Å². The second-order valence-corrected chi connectivity index (χ2v) is 5.29. The molecule has 0 aliphatic carbocycles. The number of halogens is 1. The topological polar surface area (TPSA) is 64.3 Å². The Bertz CT molecular complexity index is 788. The summed E-state index contributed by atoms with van der Waals surface area (Å²) in [6, 6.07) is 9.58. The minimum atomic E-state index is -0.166. The molecule has 3 rings (SSSR count). The molecule has 2 heterocycles. The van der Waals surface area contributed by atoms with E-state index < -0.39 is 0 Å². The lowest BCUT2D eigenvalue weighted by Gasteiger charge is -2.18. The molecule has 0 fully saturated rings. The molecule has 1 N–H and O–H groups in total. The van der Waals surface area contributed by atoms with Crippen LogP contribution in [0.25, 0.3) is 5.78 Å². The van der Waals surface area contributed by atoms with Gasteiger partial charge in [-0.1, -0.05) is 29.8 Å². The second-order valence-electron chi connectivity index (χ2n) is 4.88. The molecule has 1 aromatic carbocycles. The third-order valence-corrected chi connectivity index (χ3v) is 3.73. The molecule has 1 atom stereocenters. The lowest BCUT2D eigenvalue weighted by Crippen LogP contribution is -2.17. The maximum atomic E-state index is 6.24. The van der Waals surface area contributed by atoms with E-state index in [1.54, 1.807) is 11.6 Å². The highest BCUT2D eigenvalue weighted by molar-refractivity contribution is 6.31. The van der Waals surface area contributed by atoms with Crippen LogP contribution in [0.3, 0.4) is 0 Å². The van der Waals surface area contributed by atoms with Crippen molar-refractivity contribution in [3.63, 3.8) is 0 Å². The first-order chi connectivity index (χ1) is 10.7. The van der Waals surface area contributed by atoms with Gasteiger partial charge in [0.05, 0.1) is 0 Å². The fourth-order valence-corrected chi connectivity index (χ4v) is 2.57. The van der Waals surface area contributed by atoms with Crippen LogP contribution in [0.15, 0.2) is 36.7 Å². The molecule has 2 aromatic heterocycles. The number of fused-ring (bicyclic) bond motifs is 1. The van der Waals surface area contributed by atoms with Gasteiger partial charge in [-0.15, -0.1) is 0 Å². The second kappa shape index (κ2) is 6.29. The molecule has 0 amide bonds. The summed E-state index contributed by atoms with van der Waals surface area (Å²) in [7, 11) is 1.67. The average Bonchev–Trinajstić information content (AvgIpc) is 2.97. The number of benzene rings is 1. The van der Waals surface area contributed by atoms with Crippen LogP contribution in [0, 0.1) is 6.92 Å².